The zero-order valence-electron chi connectivity index (χ0n) is 6.14. The number of rotatable bonds is 1. The standard InChI is InChI=1S/C8H7NO2S/c10-8(11)7-5-3-1-2-4-6(5)12-9-7/h1-4,8,10-11H. The average molecular weight is 181 g/mol. The summed E-state index contributed by atoms with van der Waals surface area (Å²) in [6.07, 6.45) is -1.47. The van der Waals surface area contributed by atoms with Gasteiger partial charge in [0.05, 0.1) is 4.70 Å². The van der Waals surface area contributed by atoms with Crippen molar-refractivity contribution in [3.05, 3.63) is 30.0 Å². The lowest BCUT2D eigenvalue weighted by molar-refractivity contribution is -0.0439. The summed E-state index contributed by atoms with van der Waals surface area (Å²) in [5.41, 5.74) is 0.343. The first-order valence-corrected chi connectivity index (χ1v) is 4.27. The van der Waals surface area contributed by atoms with E-state index in [1.165, 1.54) is 11.5 Å². The van der Waals surface area contributed by atoms with Gasteiger partial charge < -0.3 is 10.2 Å². The Kier molecular flexibility index (Phi) is 1.80. The van der Waals surface area contributed by atoms with Gasteiger partial charge in [-0.15, -0.1) is 0 Å². The van der Waals surface area contributed by atoms with Crippen LogP contribution in [0.5, 0.6) is 0 Å². The Labute approximate surface area is 73.1 Å². The van der Waals surface area contributed by atoms with Gasteiger partial charge >= 0.3 is 0 Å². The van der Waals surface area contributed by atoms with Crippen molar-refractivity contribution in [3.8, 4) is 0 Å². The fourth-order valence-electron chi connectivity index (χ4n) is 1.09. The first-order valence-electron chi connectivity index (χ1n) is 3.49. The molecule has 3 nitrogen and oxygen atoms in total. The van der Waals surface area contributed by atoms with Gasteiger partial charge in [0, 0.05) is 5.39 Å². The molecule has 0 aliphatic heterocycles. The average Bonchev–Trinajstić information content (AvgIpc) is 2.47. The maximum absolute atomic E-state index is 8.91. The molecule has 0 amide bonds. The van der Waals surface area contributed by atoms with E-state index in [0.717, 1.165) is 10.1 Å². The molecular formula is C8H7NO2S. The summed E-state index contributed by atoms with van der Waals surface area (Å²) in [4.78, 5) is 0. The van der Waals surface area contributed by atoms with Crippen molar-refractivity contribution in [1.29, 1.82) is 0 Å². The Balaban J connectivity index is 2.70. The van der Waals surface area contributed by atoms with Crippen LogP contribution in [0.2, 0.25) is 0 Å². The fraction of sp³-hybridized carbons (Fsp3) is 0.125. The zero-order chi connectivity index (χ0) is 8.55. The molecule has 1 aromatic carbocycles. The van der Waals surface area contributed by atoms with E-state index in [9.17, 15) is 0 Å². The van der Waals surface area contributed by atoms with Crippen LogP contribution >= 0.6 is 11.5 Å². The van der Waals surface area contributed by atoms with Gasteiger partial charge in [-0.1, -0.05) is 18.2 Å². The third-order valence-corrected chi connectivity index (χ3v) is 2.49. The van der Waals surface area contributed by atoms with Crippen molar-refractivity contribution < 1.29 is 10.2 Å². The molecule has 0 aliphatic rings. The number of aliphatic hydroxyl groups is 2. The molecule has 4 heteroatoms. The highest BCUT2D eigenvalue weighted by molar-refractivity contribution is 7.13. The van der Waals surface area contributed by atoms with E-state index in [1.807, 2.05) is 24.3 Å². The molecule has 2 N–H and O–H groups in total. The van der Waals surface area contributed by atoms with Gasteiger partial charge in [-0.2, -0.15) is 4.37 Å². The number of hydrogen-bond donors (Lipinski definition) is 2. The second-order valence-corrected chi connectivity index (χ2v) is 3.24. The lowest BCUT2D eigenvalue weighted by Gasteiger charge is -1.97. The summed E-state index contributed by atoms with van der Waals surface area (Å²) in [5, 5.41) is 18.6. The Bertz CT molecular complexity index is 397. The number of fused-ring (bicyclic) bond motifs is 1. The number of aliphatic hydroxyl groups excluding tert-OH is 1. The molecule has 0 aliphatic carbocycles. The van der Waals surface area contributed by atoms with E-state index in [0.29, 0.717) is 5.69 Å². The van der Waals surface area contributed by atoms with Crippen LogP contribution in [-0.4, -0.2) is 14.6 Å². The van der Waals surface area contributed by atoms with E-state index >= 15 is 0 Å². The van der Waals surface area contributed by atoms with Crippen molar-refractivity contribution in [1.82, 2.24) is 4.37 Å². The van der Waals surface area contributed by atoms with E-state index in [4.69, 9.17) is 10.2 Å². The SMILES string of the molecule is OC(O)c1nsc2ccccc12. The normalized spacial score (nSPS) is 11.2. The lowest BCUT2D eigenvalue weighted by Crippen LogP contribution is -1.94. The minimum atomic E-state index is -1.47. The third-order valence-electron chi connectivity index (χ3n) is 1.65. The monoisotopic (exact) mass is 181 g/mol. The molecule has 0 radical (unpaired) electrons. The first-order chi connectivity index (χ1) is 5.79. The summed E-state index contributed by atoms with van der Waals surface area (Å²) in [6.45, 7) is 0. The molecule has 0 bridgehead atoms. The molecule has 0 fully saturated rings. The molecule has 0 atom stereocenters. The summed E-state index contributed by atoms with van der Waals surface area (Å²) < 4.78 is 4.91. The van der Waals surface area contributed by atoms with Gasteiger partial charge in [-0.05, 0) is 17.6 Å². The molecule has 1 heterocycles. The van der Waals surface area contributed by atoms with E-state index in [-0.39, 0.29) is 0 Å². The highest BCUT2D eigenvalue weighted by Gasteiger charge is 2.10. The number of benzene rings is 1. The predicted octanol–water partition coefficient (Wildman–Crippen LogP) is 1.28. The van der Waals surface area contributed by atoms with Crippen LogP contribution in [-0.2, 0) is 0 Å². The second-order valence-electron chi connectivity index (χ2n) is 2.44. The molecule has 1 aromatic heterocycles. The van der Waals surface area contributed by atoms with Crippen molar-refractivity contribution in [2.45, 2.75) is 6.29 Å². The van der Waals surface area contributed by atoms with E-state index in [1.54, 1.807) is 0 Å². The van der Waals surface area contributed by atoms with Gasteiger partial charge in [-0.3, -0.25) is 0 Å². The second kappa shape index (κ2) is 2.82. The van der Waals surface area contributed by atoms with Gasteiger partial charge in [0.2, 0.25) is 0 Å². The highest BCUT2D eigenvalue weighted by Crippen LogP contribution is 2.25. The van der Waals surface area contributed by atoms with Crippen molar-refractivity contribution >= 4 is 21.6 Å². The van der Waals surface area contributed by atoms with Crippen molar-refractivity contribution in [2.75, 3.05) is 0 Å². The summed E-state index contributed by atoms with van der Waals surface area (Å²) in [7, 11) is 0. The molecule has 62 valence electrons. The van der Waals surface area contributed by atoms with Gasteiger partial charge in [-0.25, -0.2) is 0 Å². The van der Waals surface area contributed by atoms with Crippen LogP contribution < -0.4 is 0 Å². The summed E-state index contributed by atoms with van der Waals surface area (Å²) >= 11 is 1.27. The molecule has 0 unspecified atom stereocenters. The van der Waals surface area contributed by atoms with Crippen LogP contribution in [0.1, 0.15) is 12.0 Å². The van der Waals surface area contributed by atoms with Gasteiger partial charge in [0.1, 0.15) is 5.69 Å². The lowest BCUT2D eigenvalue weighted by atomic mass is 10.2. The van der Waals surface area contributed by atoms with Gasteiger partial charge in [0.15, 0.2) is 6.29 Å². The van der Waals surface area contributed by atoms with Gasteiger partial charge in [0.25, 0.3) is 0 Å². The number of aromatic nitrogens is 1. The summed E-state index contributed by atoms with van der Waals surface area (Å²) in [5.74, 6) is 0. The Hall–Kier alpha value is -0.970. The molecule has 2 rings (SSSR count). The number of nitrogens with zero attached hydrogens (tertiary/aromatic N) is 1. The Morgan fingerprint density at radius 3 is 2.75 bits per heavy atom. The first kappa shape index (κ1) is 7.67. The van der Waals surface area contributed by atoms with E-state index < -0.39 is 6.29 Å². The highest BCUT2D eigenvalue weighted by atomic mass is 32.1. The molecule has 2 aromatic rings. The largest absolute Gasteiger partial charge is 0.363 e. The smallest absolute Gasteiger partial charge is 0.197 e. The fourth-order valence-corrected chi connectivity index (χ4v) is 1.89. The molecule has 0 spiro atoms. The topological polar surface area (TPSA) is 53.4 Å². The molecule has 0 saturated heterocycles. The summed E-state index contributed by atoms with van der Waals surface area (Å²) in [6, 6.07) is 7.48. The van der Waals surface area contributed by atoms with Crippen LogP contribution in [0.4, 0.5) is 0 Å². The molecule has 12 heavy (non-hydrogen) atoms. The van der Waals surface area contributed by atoms with Crippen molar-refractivity contribution in [2.24, 2.45) is 0 Å². The van der Waals surface area contributed by atoms with Crippen molar-refractivity contribution in [3.63, 3.8) is 0 Å². The van der Waals surface area contributed by atoms with Crippen LogP contribution in [0.3, 0.4) is 0 Å². The van der Waals surface area contributed by atoms with Crippen LogP contribution in [0.15, 0.2) is 24.3 Å². The quantitative estimate of drug-likeness (QED) is 0.651. The zero-order valence-corrected chi connectivity index (χ0v) is 6.95. The van der Waals surface area contributed by atoms with E-state index in [2.05, 4.69) is 4.37 Å². The minimum Gasteiger partial charge on any atom is -0.363 e. The maximum atomic E-state index is 8.91. The minimum absolute atomic E-state index is 0.343. The molecule has 0 saturated carbocycles. The Morgan fingerprint density at radius 1 is 1.25 bits per heavy atom. The maximum Gasteiger partial charge on any atom is 0.197 e. The Morgan fingerprint density at radius 2 is 2.00 bits per heavy atom. The van der Waals surface area contributed by atoms with Crippen LogP contribution in [0.25, 0.3) is 10.1 Å². The van der Waals surface area contributed by atoms with Crippen LogP contribution in [0, 0.1) is 0 Å². The third kappa shape index (κ3) is 1.10. The number of hydrogen-bond acceptors (Lipinski definition) is 4. The predicted molar refractivity (Wildman–Crippen MR) is 46.8 cm³/mol. The molecular weight excluding hydrogens is 174 g/mol.